The van der Waals surface area contributed by atoms with E-state index in [9.17, 15) is 30.0 Å². The summed E-state index contributed by atoms with van der Waals surface area (Å²) in [6.07, 6.45) is -6.65. The minimum Gasteiger partial charge on any atom is -0.507 e. The first kappa shape index (κ1) is 28.1. The number of phenols is 1. The van der Waals surface area contributed by atoms with Crippen LogP contribution in [0.1, 0.15) is 56.7 Å². The van der Waals surface area contributed by atoms with Crippen molar-refractivity contribution in [3.8, 4) is 11.5 Å². The Morgan fingerprint density at radius 1 is 1.12 bits per heavy atom. The molecule has 0 saturated carbocycles. The van der Waals surface area contributed by atoms with E-state index in [1.807, 2.05) is 0 Å². The van der Waals surface area contributed by atoms with Gasteiger partial charge in [-0.25, -0.2) is 0 Å². The Bertz CT molecular complexity index is 1830. The molecule has 0 radical (unpaired) electrons. The molecule has 3 heterocycles. The molecule has 2 aromatic carbocycles. The highest BCUT2D eigenvalue weighted by atomic mass is 35.5. The van der Waals surface area contributed by atoms with E-state index in [0.29, 0.717) is 0 Å². The summed E-state index contributed by atoms with van der Waals surface area (Å²) in [5.41, 5.74) is -4.24. The van der Waals surface area contributed by atoms with Crippen molar-refractivity contribution < 1.29 is 53.3 Å². The lowest BCUT2D eigenvalue weighted by atomic mass is 9.63. The number of rotatable bonds is 3. The van der Waals surface area contributed by atoms with E-state index < -0.39 is 53.3 Å². The number of aliphatic hydroxyl groups excluding tert-OH is 2. The van der Waals surface area contributed by atoms with E-state index in [0.717, 1.165) is 4.90 Å². The van der Waals surface area contributed by atoms with Crippen molar-refractivity contribution in [3.05, 3.63) is 72.6 Å². The maximum atomic E-state index is 14.0. The molecule has 0 saturated heterocycles. The molecule has 1 amide bonds. The minimum atomic E-state index is -2.57. The summed E-state index contributed by atoms with van der Waals surface area (Å²) in [4.78, 5) is 28.5. The van der Waals surface area contributed by atoms with Crippen LogP contribution in [0.4, 0.5) is 0 Å². The summed E-state index contributed by atoms with van der Waals surface area (Å²) in [7, 11) is 5.43. The Balaban J connectivity index is 1.59. The van der Waals surface area contributed by atoms with Gasteiger partial charge in [-0.05, 0) is 23.8 Å². The van der Waals surface area contributed by atoms with Crippen molar-refractivity contribution in [3.63, 3.8) is 0 Å². The summed E-state index contributed by atoms with van der Waals surface area (Å²) in [6, 6.07) is 4.23. The fourth-order valence-corrected chi connectivity index (χ4v) is 7.11. The molecule has 0 spiro atoms. The third-order valence-electron chi connectivity index (χ3n) is 8.80. The normalized spacial score (nSPS) is 29.1. The number of nitrogens with zero attached hydrogens (tertiary/aromatic N) is 1. The highest BCUT2D eigenvalue weighted by Crippen LogP contribution is 2.62. The van der Waals surface area contributed by atoms with Gasteiger partial charge in [-0.15, -0.1) is 0 Å². The Morgan fingerprint density at radius 3 is 2.53 bits per heavy atom. The molecule has 6 atom stereocenters. The zero-order chi connectivity index (χ0) is 30.7. The zero-order valence-corrected chi connectivity index (χ0v) is 24.0. The molecular formula is C29H26ClNO12. The van der Waals surface area contributed by atoms with Crippen molar-refractivity contribution in [2.45, 2.75) is 36.2 Å². The molecule has 7 rings (SSSR count). The molecule has 4 N–H and O–H groups in total. The molecule has 2 aliphatic heterocycles. The monoisotopic (exact) mass is 615 g/mol. The lowest BCUT2D eigenvalue weighted by Gasteiger charge is -2.51. The number of aromatic hydroxyl groups is 1. The number of likely N-dealkylation sites (N-methyl/N-ethyl adjacent to an activating group) is 1. The van der Waals surface area contributed by atoms with Crippen molar-refractivity contribution in [2.24, 2.45) is 0 Å². The van der Waals surface area contributed by atoms with Gasteiger partial charge in [-0.3, -0.25) is 9.59 Å². The number of ether oxygens (including phenoxy) is 5. The van der Waals surface area contributed by atoms with Gasteiger partial charge in [-0.1, -0.05) is 11.6 Å². The number of carbonyl (C=O) groups is 1. The number of methoxy groups -OCH3 is 3. The maximum Gasteiger partial charge on any atom is 0.259 e. The van der Waals surface area contributed by atoms with Gasteiger partial charge in [0.2, 0.25) is 0 Å². The second kappa shape index (κ2) is 9.40. The number of hydrogen-bond acceptors (Lipinski definition) is 12. The lowest BCUT2D eigenvalue weighted by molar-refractivity contribution is -0.158. The van der Waals surface area contributed by atoms with Crippen LogP contribution in [0.2, 0.25) is 5.02 Å². The lowest BCUT2D eigenvalue weighted by Crippen LogP contribution is -2.54. The first-order chi connectivity index (χ1) is 20.5. The van der Waals surface area contributed by atoms with Gasteiger partial charge in [0, 0.05) is 38.0 Å². The topological polar surface area (TPSA) is 178 Å². The second-order valence-corrected chi connectivity index (χ2v) is 11.1. The van der Waals surface area contributed by atoms with E-state index in [2.05, 4.69) is 0 Å². The van der Waals surface area contributed by atoms with Crippen molar-refractivity contribution in [2.75, 3.05) is 35.2 Å². The van der Waals surface area contributed by atoms with E-state index >= 15 is 0 Å². The number of fused-ring (bicyclic) bond motifs is 6. The molecule has 14 heteroatoms. The van der Waals surface area contributed by atoms with Crippen LogP contribution in [0.25, 0.3) is 16.7 Å². The molecule has 3 aromatic rings. The van der Waals surface area contributed by atoms with Crippen LogP contribution in [0, 0.1) is 0 Å². The fourth-order valence-electron chi connectivity index (χ4n) is 6.88. The van der Waals surface area contributed by atoms with Crippen LogP contribution in [-0.4, -0.2) is 78.7 Å². The van der Waals surface area contributed by atoms with Crippen molar-refractivity contribution in [1.82, 2.24) is 4.90 Å². The molecule has 0 bridgehead atoms. The molecule has 6 unspecified atom stereocenters. The Hall–Kier alpha value is -3.69. The number of benzene rings is 2. The number of phenolic OH excluding ortho intramolecular Hbond substituents is 1. The van der Waals surface area contributed by atoms with Crippen LogP contribution in [-0.2, 0) is 24.5 Å². The van der Waals surface area contributed by atoms with Crippen LogP contribution in [0.5, 0.6) is 11.5 Å². The number of halogens is 1. The van der Waals surface area contributed by atoms with Gasteiger partial charge in [0.15, 0.2) is 46.9 Å². The van der Waals surface area contributed by atoms with Crippen LogP contribution < -0.4 is 10.2 Å². The Labute approximate surface area is 248 Å². The second-order valence-electron chi connectivity index (χ2n) is 10.7. The average molecular weight is 616 g/mol. The SMILES string of the molecule is COc1c(Cl)ccc2c(=O)c3c(oc12)C1=C2C(OCO1)C(OC)c1cc4c(c(O)c1C2(O)C3O)C(=O)N(C)C(OC)C4O. The average Bonchev–Trinajstić information content (AvgIpc) is 2.99. The van der Waals surface area contributed by atoms with E-state index in [1.54, 1.807) is 0 Å². The smallest absolute Gasteiger partial charge is 0.259 e. The molecule has 226 valence electrons. The van der Waals surface area contributed by atoms with Gasteiger partial charge in [0.05, 0.1) is 28.6 Å². The largest absolute Gasteiger partial charge is 0.507 e. The Kier molecular flexibility index (Phi) is 6.15. The number of hydrogen-bond donors (Lipinski definition) is 4. The molecular weight excluding hydrogens is 590 g/mol. The first-order valence-corrected chi connectivity index (χ1v) is 13.5. The third kappa shape index (κ3) is 3.32. The molecule has 43 heavy (non-hydrogen) atoms. The van der Waals surface area contributed by atoms with Crippen LogP contribution >= 0.6 is 11.6 Å². The predicted molar refractivity (Wildman–Crippen MR) is 146 cm³/mol. The van der Waals surface area contributed by atoms with Gasteiger partial charge in [0.1, 0.15) is 30.2 Å². The summed E-state index contributed by atoms with van der Waals surface area (Å²) in [5, 5.41) is 47.6. The summed E-state index contributed by atoms with van der Waals surface area (Å²) < 4.78 is 34.3. The standard InChI is InChI=1S/C29H26ClNO12/c1-31-27(36)13-10(18(33)28(31)40-4)7-11-15(19(13)34)29(37)16-24(20(11)38-2)41-8-42-25(16)23-14(26(29)35)17(32)9-5-6-12(30)22(39-3)21(9)43-23/h5-7,18,20,24,26,28,33-35,37H,8H2,1-4H3. The highest BCUT2D eigenvalue weighted by molar-refractivity contribution is 6.33. The molecule has 13 nitrogen and oxygen atoms in total. The van der Waals surface area contributed by atoms with Gasteiger partial charge in [0.25, 0.3) is 5.91 Å². The van der Waals surface area contributed by atoms with E-state index in [1.165, 1.54) is 46.6 Å². The quantitative estimate of drug-likeness (QED) is 0.337. The fraction of sp³-hybridized carbons (Fsp3) is 0.379. The maximum absolute atomic E-state index is 14.0. The third-order valence-corrected chi connectivity index (χ3v) is 9.09. The molecule has 1 aromatic heterocycles. The highest BCUT2D eigenvalue weighted by Gasteiger charge is 2.62. The van der Waals surface area contributed by atoms with Crippen LogP contribution in [0.3, 0.4) is 0 Å². The Morgan fingerprint density at radius 2 is 1.86 bits per heavy atom. The predicted octanol–water partition coefficient (Wildman–Crippen LogP) is 1.97. The summed E-state index contributed by atoms with van der Waals surface area (Å²) >= 11 is 6.28. The summed E-state index contributed by atoms with van der Waals surface area (Å²) in [6.45, 7) is -0.354. The number of amides is 1. The van der Waals surface area contributed by atoms with E-state index in [-0.39, 0.29) is 73.4 Å². The van der Waals surface area contributed by atoms with Gasteiger partial charge < -0.3 is 53.4 Å². The molecule has 4 aliphatic rings. The van der Waals surface area contributed by atoms with Crippen molar-refractivity contribution >= 4 is 34.2 Å². The molecule has 0 fully saturated rings. The van der Waals surface area contributed by atoms with Gasteiger partial charge >= 0.3 is 0 Å². The van der Waals surface area contributed by atoms with Crippen LogP contribution in [0.15, 0.2) is 33.0 Å². The molecule has 2 aliphatic carbocycles. The summed E-state index contributed by atoms with van der Waals surface area (Å²) in [5.74, 6) is -1.67. The number of carbonyl (C=O) groups excluding carboxylic acids is 1. The first-order valence-electron chi connectivity index (χ1n) is 13.2. The number of aliphatic hydroxyl groups is 3. The van der Waals surface area contributed by atoms with Gasteiger partial charge in [-0.2, -0.15) is 0 Å². The zero-order valence-electron chi connectivity index (χ0n) is 23.2. The van der Waals surface area contributed by atoms with Crippen molar-refractivity contribution in [1.29, 1.82) is 0 Å². The minimum absolute atomic E-state index is 0.00121. The van der Waals surface area contributed by atoms with E-state index in [4.69, 9.17) is 39.7 Å².